The predicted octanol–water partition coefficient (Wildman–Crippen LogP) is 2.25. The number of alkyl halides is 3. The fraction of sp³-hybridized carbons (Fsp3) is 0.364. The molecule has 0 amide bonds. The van der Waals surface area contributed by atoms with Crippen LogP contribution in [0.1, 0.15) is 0 Å². The summed E-state index contributed by atoms with van der Waals surface area (Å²) in [6, 6.07) is 8.82. The molecule has 0 saturated heterocycles. The number of benzene rings is 1. The van der Waals surface area contributed by atoms with Gasteiger partial charge in [-0.3, -0.25) is 0 Å². The van der Waals surface area contributed by atoms with Gasteiger partial charge in [0.05, 0.1) is 11.9 Å². The number of hydrogen-bond acceptors (Lipinski definition) is 4. The van der Waals surface area contributed by atoms with Crippen molar-refractivity contribution in [1.29, 1.82) is 0 Å². The summed E-state index contributed by atoms with van der Waals surface area (Å²) in [6.07, 6.45) is -5.00. The first-order valence-corrected chi connectivity index (χ1v) is 5.88. The van der Waals surface area contributed by atoms with Crippen molar-refractivity contribution in [3.63, 3.8) is 0 Å². The smallest absolute Gasteiger partial charge is 0.458 e. The van der Waals surface area contributed by atoms with Gasteiger partial charge in [-0.25, -0.2) is 4.79 Å². The second kappa shape index (κ2) is 6.65. The molecule has 1 atom stereocenters. The van der Waals surface area contributed by atoms with Crippen LogP contribution in [0.5, 0.6) is 0 Å². The van der Waals surface area contributed by atoms with Crippen LogP contribution in [0.3, 0.4) is 0 Å². The van der Waals surface area contributed by atoms with Gasteiger partial charge in [0.1, 0.15) is 6.61 Å². The van der Waals surface area contributed by atoms with E-state index in [0.717, 1.165) is 16.7 Å². The average Bonchev–Trinajstić information content (AvgIpc) is 2.34. The number of thioether (sulfide) groups is 1. The summed E-state index contributed by atoms with van der Waals surface area (Å²) < 4.78 is 39.7. The SMILES string of the molecule is O=C(OCC(CO)Sc1ccccc1)C(F)(F)F. The van der Waals surface area contributed by atoms with Gasteiger partial charge >= 0.3 is 12.1 Å². The van der Waals surface area contributed by atoms with Gasteiger partial charge in [0, 0.05) is 4.90 Å². The summed E-state index contributed by atoms with van der Waals surface area (Å²) >= 11 is 1.15. The quantitative estimate of drug-likeness (QED) is 0.664. The molecule has 7 heteroatoms. The molecule has 1 aromatic rings. The highest BCUT2D eigenvalue weighted by Crippen LogP contribution is 2.24. The first-order chi connectivity index (χ1) is 8.43. The zero-order chi connectivity index (χ0) is 13.6. The van der Waals surface area contributed by atoms with E-state index in [-0.39, 0.29) is 6.61 Å². The molecule has 0 spiro atoms. The van der Waals surface area contributed by atoms with E-state index in [9.17, 15) is 18.0 Å². The molecular weight excluding hydrogens is 269 g/mol. The lowest BCUT2D eigenvalue weighted by molar-refractivity contribution is -0.199. The van der Waals surface area contributed by atoms with Crippen molar-refractivity contribution in [3.05, 3.63) is 30.3 Å². The normalized spacial score (nSPS) is 13.1. The maximum atomic E-state index is 11.9. The van der Waals surface area contributed by atoms with Crippen LogP contribution >= 0.6 is 11.8 Å². The Bertz CT molecular complexity index is 381. The summed E-state index contributed by atoms with van der Waals surface area (Å²) in [5.74, 6) is -2.24. The Labute approximate surface area is 106 Å². The Morgan fingerprint density at radius 1 is 1.33 bits per heavy atom. The molecule has 1 aromatic carbocycles. The molecule has 100 valence electrons. The van der Waals surface area contributed by atoms with Crippen LogP contribution in [0.15, 0.2) is 35.2 Å². The van der Waals surface area contributed by atoms with Crippen LogP contribution in [-0.4, -0.2) is 35.7 Å². The zero-order valence-electron chi connectivity index (χ0n) is 9.18. The molecule has 0 saturated carbocycles. The molecule has 0 radical (unpaired) electrons. The first-order valence-electron chi connectivity index (χ1n) is 5.00. The predicted molar refractivity (Wildman–Crippen MR) is 60.2 cm³/mol. The van der Waals surface area contributed by atoms with E-state index in [1.54, 1.807) is 30.3 Å². The molecule has 18 heavy (non-hydrogen) atoms. The van der Waals surface area contributed by atoms with Crippen molar-refractivity contribution in [2.75, 3.05) is 13.2 Å². The second-order valence-electron chi connectivity index (χ2n) is 3.33. The van der Waals surface area contributed by atoms with Crippen LogP contribution in [0.4, 0.5) is 13.2 Å². The number of carbonyl (C=O) groups excluding carboxylic acids is 1. The molecule has 1 N–H and O–H groups in total. The largest absolute Gasteiger partial charge is 0.490 e. The van der Waals surface area contributed by atoms with Gasteiger partial charge < -0.3 is 9.84 Å². The minimum atomic E-state index is -5.00. The van der Waals surface area contributed by atoms with Crippen molar-refractivity contribution in [3.8, 4) is 0 Å². The van der Waals surface area contributed by atoms with Gasteiger partial charge in [-0.1, -0.05) is 18.2 Å². The third kappa shape index (κ3) is 4.97. The fourth-order valence-corrected chi connectivity index (χ4v) is 1.98. The fourth-order valence-electron chi connectivity index (χ4n) is 1.07. The number of carbonyl (C=O) groups is 1. The lowest BCUT2D eigenvalue weighted by atomic mass is 10.4. The number of ether oxygens (including phenoxy) is 1. The maximum Gasteiger partial charge on any atom is 0.490 e. The van der Waals surface area contributed by atoms with Crippen molar-refractivity contribution in [2.45, 2.75) is 16.3 Å². The highest BCUT2D eigenvalue weighted by molar-refractivity contribution is 8.00. The number of halogens is 3. The molecule has 0 aliphatic heterocycles. The summed E-state index contributed by atoms with van der Waals surface area (Å²) in [4.78, 5) is 11.3. The molecule has 0 fully saturated rings. The highest BCUT2D eigenvalue weighted by atomic mass is 32.2. The Hall–Kier alpha value is -1.21. The second-order valence-corrected chi connectivity index (χ2v) is 4.71. The van der Waals surface area contributed by atoms with E-state index in [1.807, 2.05) is 0 Å². The molecule has 0 aliphatic carbocycles. The molecule has 1 rings (SSSR count). The molecule has 1 unspecified atom stereocenters. The summed E-state index contributed by atoms with van der Waals surface area (Å²) in [5.41, 5.74) is 0. The Balaban J connectivity index is 2.46. The van der Waals surface area contributed by atoms with Gasteiger partial charge in [0.15, 0.2) is 0 Å². The van der Waals surface area contributed by atoms with Crippen LogP contribution < -0.4 is 0 Å². The monoisotopic (exact) mass is 280 g/mol. The van der Waals surface area contributed by atoms with Crippen molar-refractivity contribution in [2.24, 2.45) is 0 Å². The van der Waals surface area contributed by atoms with Crippen LogP contribution in [0.2, 0.25) is 0 Å². The standard InChI is InChI=1S/C11H11F3O3S/c12-11(13,14)10(16)17-7-9(6-15)18-8-4-2-1-3-5-8/h1-5,9,15H,6-7H2. The van der Waals surface area contributed by atoms with E-state index in [4.69, 9.17) is 5.11 Å². The maximum absolute atomic E-state index is 11.9. The topological polar surface area (TPSA) is 46.5 Å². The molecule has 0 aliphatic rings. The molecule has 3 nitrogen and oxygen atoms in total. The molecule has 0 bridgehead atoms. The Kier molecular flexibility index (Phi) is 5.49. The number of aliphatic hydroxyl groups excluding tert-OH is 1. The number of aliphatic hydroxyl groups is 1. The third-order valence-corrected chi connectivity index (χ3v) is 3.04. The Morgan fingerprint density at radius 2 is 1.94 bits per heavy atom. The zero-order valence-corrected chi connectivity index (χ0v) is 10.0. The number of hydrogen-bond donors (Lipinski definition) is 1. The highest BCUT2D eigenvalue weighted by Gasteiger charge is 2.41. The van der Waals surface area contributed by atoms with Gasteiger partial charge in [0.25, 0.3) is 0 Å². The minimum absolute atomic E-state index is 0.384. The first kappa shape index (κ1) is 14.8. The lowest BCUT2D eigenvalue weighted by Crippen LogP contribution is -2.29. The number of esters is 1. The van der Waals surface area contributed by atoms with Crippen molar-refractivity contribution in [1.82, 2.24) is 0 Å². The minimum Gasteiger partial charge on any atom is -0.458 e. The van der Waals surface area contributed by atoms with E-state index < -0.39 is 24.0 Å². The van der Waals surface area contributed by atoms with Gasteiger partial charge in [0.2, 0.25) is 0 Å². The van der Waals surface area contributed by atoms with Gasteiger partial charge in [-0.2, -0.15) is 13.2 Å². The average molecular weight is 280 g/mol. The van der Waals surface area contributed by atoms with Gasteiger partial charge in [-0.15, -0.1) is 11.8 Å². The van der Waals surface area contributed by atoms with Crippen molar-refractivity contribution < 1.29 is 27.8 Å². The lowest BCUT2D eigenvalue weighted by Gasteiger charge is -2.14. The van der Waals surface area contributed by atoms with Crippen LogP contribution in [-0.2, 0) is 9.53 Å². The van der Waals surface area contributed by atoms with E-state index in [2.05, 4.69) is 4.74 Å². The summed E-state index contributed by atoms with van der Waals surface area (Å²) in [5, 5.41) is 8.38. The van der Waals surface area contributed by atoms with Crippen LogP contribution in [0.25, 0.3) is 0 Å². The van der Waals surface area contributed by atoms with E-state index in [0.29, 0.717) is 0 Å². The van der Waals surface area contributed by atoms with E-state index in [1.165, 1.54) is 0 Å². The van der Waals surface area contributed by atoms with Gasteiger partial charge in [-0.05, 0) is 12.1 Å². The summed E-state index contributed by atoms with van der Waals surface area (Å²) in [7, 11) is 0. The van der Waals surface area contributed by atoms with E-state index >= 15 is 0 Å². The Morgan fingerprint density at radius 3 is 2.44 bits per heavy atom. The van der Waals surface area contributed by atoms with Crippen molar-refractivity contribution >= 4 is 17.7 Å². The summed E-state index contributed by atoms with van der Waals surface area (Å²) in [6.45, 7) is -0.876. The molecular formula is C11H11F3O3S. The number of rotatable bonds is 5. The third-order valence-electron chi connectivity index (χ3n) is 1.88. The van der Waals surface area contributed by atoms with Crippen LogP contribution in [0, 0.1) is 0 Å². The molecule has 0 aromatic heterocycles. The molecule has 0 heterocycles.